The first-order chi connectivity index (χ1) is 6.67. The molecule has 1 unspecified atom stereocenters. The molecule has 0 rings (SSSR count). The number of unbranched alkanes of at least 4 members (excludes halogenated alkanes) is 2. The van der Waals surface area contributed by atoms with Gasteiger partial charge in [-0.25, -0.2) is 0 Å². The van der Waals surface area contributed by atoms with Gasteiger partial charge in [0.15, 0.2) is 0 Å². The number of hydrogen-bond donors (Lipinski definition) is 2. The molecule has 0 amide bonds. The van der Waals surface area contributed by atoms with E-state index in [4.69, 9.17) is 5.73 Å². The van der Waals surface area contributed by atoms with Crippen LogP contribution in [0, 0.1) is 0 Å². The Bertz CT molecular complexity index is 124. The summed E-state index contributed by atoms with van der Waals surface area (Å²) in [4.78, 5) is 2.30. The average molecular weight is 202 g/mol. The lowest BCUT2D eigenvalue weighted by Crippen LogP contribution is -2.47. The summed E-state index contributed by atoms with van der Waals surface area (Å²) in [7, 11) is 0. The van der Waals surface area contributed by atoms with E-state index in [1.807, 2.05) is 0 Å². The number of nitrogens with two attached hydrogens (primary N) is 1. The molecule has 0 aromatic carbocycles. The maximum atomic E-state index is 9.18. The molecule has 0 aliphatic heterocycles. The minimum absolute atomic E-state index is 0.131. The van der Waals surface area contributed by atoms with Crippen LogP contribution in [0.15, 0.2) is 0 Å². The van der Waals surface area contributed by atoms with E-state index in [1.165, 1.54) is 19.3 Å². The van der Waals surface area contributed by atoms with Gasteiger partial charge < -0.3 is 10.8 Å². The molecule has 0 saturated heterocycles. The molecule has 0 aliphatic rings. The van der Waals surface area contributed by atoms with Gasteiger partial charge in [0.05, 0.1) is 6.61 Å². The van der Waals surface area contributed by atoms with Crippen molar-refractivity contribution in [2.24, 2.45) is 5.73 Å². The van der Waals surface area contributed by atoms with Crippen LogP contribution < -0.4 is 5.73 Å². The molecule has 0 radical (unpaired) electrons. The van der Waals surface area contributed by atoms with Crippen molar-refractivity contribution in [1.29, 1.82) is 0 Å². The topological polar surface area (TPSA) is 49.5 Å². The number of aliphatic hydroxyl groups is 1. The van der Waals surface area contributed by atoms with Gasteiger partial charge in [0.2, 0.25) is 0 Å². The highest BCUT2D eigenvalue weighted by molar-refractivity contribution is 4.74. The zero-order valence-corrected chi connectivity index (χ0v) is 9.87. The van der Waals surface area contributed by atoms with E-state index >= 15 is 0 Å². The van der Waals surface area contributed by atoms with E-state index in [9.17, 15) is 5.11 Å². The minimum atomic E-state index is 0.131. The van der Waals surface area contributed by atoms with E-state index in [1.54, 1.807) is 0 Å². The molecule has 0 fully saturated rings. The molecule has 3 nitrogen and oxygen atoms in total. The molecule has 14 heavy (non-hydrogen) atoms. The highest BCUT2D eigenvalue weighted by Crippen LogP contribution is 2.07. The van der Waals surface area contributed by atoms with Gasteiger partial charge in [-0.3, -0.25) is 4.90 Å². The van der Waals surface area contributed by atoms with Crippen molar-refractivity contribution in [1.82, 2.24) is 4.90 Å². The molecular formula is C11H26N2O. The second-order valence-electron chi connectivity index (χ2n) is 4.11. The third-order valence-electron chi connectivity index (χ3n) is 2.63. The van der Waals surface area contributed by atoms with Gasteiger partial charge in [-0.2, -0.15) is 0 Å². The molecule has 1 atom stereocenters. The van der Waals surface area contributed by atoms with Crippen LogP contribution in [0.25, 0.3) is 0 Å². The molecule has 0 heterocycles. The van der Waals surface area contributed by atoms with Crippen LogP contribution in [0.3, 0.4) is 0 Å². The summed E-state index contributed by atoms with van der Waals surface area (Å²) < 4.78 is 0. The van der Waals surface area contributed by atoms with Crippen molar-refractivity contribution in [2.45, 2.75) is 52.1 Å². The van der Waals surface area contributed by atoms with Crippen molar-refractivity contribution in [3.63, 3.8) is 0 Å². The summed E-state index contributed by atoms with van der Waals surface area (Å²) in [6.45, 7) is 8.27. The first kappa shape index (κ1) is 13.9. The van der Waals surface area contributed by atoms with Crippen molar-refractivity contribution in [3.05, 3.63) is 0 Å². The van der Waals surface area contributed by atoms with Gasteiger partial charge >= 0.3 is 0 Å². The Morgan fingerprint density at radius 3 is 2.29 bits per heavy atom. The van der Waals surface area contributed by atoms with Crippen LogP contribution in [0.1, 0.15) is 40.0 Å². The van der Waals surface area contributed by atoms with Crippen LogP contribution in [-0.2, 0) is 0 Å². The minimum Gasteiger partial charge on any atom is -0.395 e. The fourth-order valence-corrected chi connectivity index (χ4v) is 1.72. The SMILES string of the molecule is CCCCCN(C(C)C)C(CN)CO. The molecule has 3 heteroatoms. The lowest BCUT2D eigenvalue weighted by atomic mass is 10.1. The van der Waals surface area contributed by atoms with Crippen LogP contribution in [0.4, 0.5) is 0 Å². The maximum absolute atomic E-state index is 9.18. The van der Waals surface area contributed by atoms with Crippen LogP contribution in [0.5, 0.6) is 0 Å². The van der Waals surface area contributed by atoms with Crippen molar-refractivity contribution < 1.29 is 5.11 Å². The average Bonchev–Trinajstić information content (AvgIpc) is 2.17. The fraction of sp³-hybridized carbons (Fsp3) is 1.00. The third-order valence-corrected chi connectivity index (χ3v) is 2.63. The van der Waals surface area contributed by atoms with Gasteiger partial charge in [0, 0.05) is 18.6 Å². The Morgan fingerprint density at radius 2 is 1.93 bits per heavy atom. The van der Waals surface area contributed by atoms with Crippen molar-refractivity contribution >= 4 is 0 Å². The predicted octanol–water partition coefficient (Wildman–Crippen LogP) is 1.21. The Morgan fingerprint density at radius 1 is 1.29 bits per heavy atom. The number of aliphatic hydroxyl groups excluding tert-OH is 1. The summed E-state index contributed by atoms with van der Waals surface area (Å²) >= 11 is 0. The second kappa shape index (κ2) is 8.21. The van der Waals surface area contributed by atoms with Crippen LogP contribution in [0.2, 0.25) is 0 Å². The highest BCUT2D eigenvalue weighted by atomic mass is 16.3. The normalized spacial score (nSPS) is 13.9. The summed E-state index contributed by atoms with van der Waals surface area (Å²) in [5, 5.41) is 9.18. The standard InChI is InChI=1S/C11H26N2O/c1-4-5-6-7-13(10(2)3)11(8-12)9-14/h10-11,14H,4-9,12H2,1-3H3. The largest absolute Gasteiger partial charge is 0.395 e. The summed E-state index contributed by atoms with van der Waals surface area (Å²) in [5.74, 6) is 0. The van der Waals surface area contributed by atoms with E-state index in [-0.39, 0.29) is 12.6 Å². The fourth-order valence-electron chi connectivity index (χ4n) is 1.72. The van der Waals surface area contributed by atoms with E-state index in [2.05, 4.69) is 25.7 Å². The van der Waals surface area contributed by atoms with Gasteiger partial charge in [0.1, 0.15) is 0 Å². The first-order valence-electron chi connectivity index (χ1n) is 5.74. The Balaban J connectivity index is 3.99. The predicted molar refractivity (Wildman–Crippen MR) is 61.3 cm³/mol. The molecular weight excluding hydrogens is 176 g/mol. The monoisotopic (exact) mass is 202 g/mol. The third kappa shape index (κ3) is 4.94. The van der Waals surface area contributed by atoms with E-state index in [0.29, 0.717) is 12.6 Å². The number of hydrogen-bond acceptors (Lipinski definition) is 3. The Kier molecular flexibility index (Phi) is 8.14. The molecule has 0 saturated carbocycles. The molecule has 0 spiro atoms. The molecule has 0 aromatic heterocycles. The molecule has 0 bridgehead atoms. The lowest BCUT2D eigenvalue weighted by Gasteiger charge is -2.33. The number of nitrogens with zero attached hydrogens (tertiary/aromatic N) is 1. The summed E-state index contributed by atoms with van der Waals surface area (Å²) in [6.07, 6.45) is 3.69. The maximum Gasteiger partial charge on any atom is 0.0599 e. The van der Waals surface area contributed by atoms with Gasteiger partial charge in [-0.1, -0.05) is 19.8 Å². The highest BCUT2D eigenvalue weighted by Gasteiger charge is 2.18. The molecule has 0 aliphatic carbocycles. The quantitative estimate of drug-likeness (QED) is 0.582. The van der Waals surface area contributed by atoms with E-state index in [0.717, 1.165) is 6.54 Å². The van der Waals surface area contributed by atoms with Gasteiger partial charge in [-0.05, 0) is 26.8 Å². The van der Waals surface area contributed by atoms with Gasteiger partial charge in [0.25, 0.3) is 0 Å². The zero-order chi connectivity index (χ0) is 11.0. The van der Waals surface area contributed by atoms with Crippen LogP contribution >= 0.6 is 0 Å². The van der Waals surface area contributed by atoms with Crippen molar-refractivity contribution in [2.75, 3.05) is 19.7 Å². The Labute approximate surface area is 88.3 Å². The smallest absolute Gasteiger partial charge is 0.0599 e. The second-order valence-corrected chi connectivity index (χ2v) is 4.11. The molecule has 3 N–H and O–H groups in total. The Hall–Kier alpha value is -0.120. The molecule has 0 aromatic rings. The van der Waals surface area contributed by atoms with Crippen molar-refractivity contribution in [3.8, 4) is 0 Å². The van der Waals surface area contributed by atoms with E-state index < -0.39 is 0 Å². The molecule has 86 valence electrons. The summed E-state index contributed by atoms with van der Waals surface area (Å²) in [6, 6.07) is 0.597. The zero-order valence-electron chi connectivity index (χ0n) is 9.87. The summed E-state index contributed by atoms with van der Waals surface area (Å²) in [5.41, 5.74) is 5.62. The first-order valence-corrected chi connectivity index (χ1v) is 5.74. The number of rotatable bonds is 8. The van der Waals surface area contributed by atoms with Crippen LogP contribution in [-0.4, -0.2) is 41.8 Å². The lowest BCUT2D eigenvalue weighted by molar-refractivity contribution is 0.0982. The van der Waals surface area contributed by atoms with Gasteiger partial charge in [-0.15, -0.1) is 0 Å².